The van der Waals surface area contributed by atoms with Crippen molar-refractivity contribution >= 4 is 5.97 Å². The quantitative estimate of drug-likeness (QED) is 0.763. The fourth-order valence-electron chi connectivity index (χ4n) is 2.13. The number of ether oxygens (including phenoxy) is 1. The first-order chi connectivity index (χ1) is 10.9. The summed E-state index contributed by atoms with van der Waals surface area (Å²) in [5, 5.41) is 8.23. The highest BCUT2D eigenvalue weighted by Crippen LogP contribution is 2.24. The van der Waals surface area contributed by atoms with Crippen LogP contribution < -0.4 is 0 Å². The van der Waals surface area contributed by atoms with Crippen LogP contribution in [0.4, 0.5) is 0 Å². The summed E-state index contributed by atoms with van der Waals surface area (Å²) in [4.78, 5) is 13.4. The molecule has 0 unspecified atom stereocenters. The van der Waals surface area contributed by atoms with Gasteiger partial charge >= 0.3 is 5.97 Å². The van der Waals surface area contributed by atoms with Gasteiger partial charge in [-0.3, -0.25) is 9.69 Å². The second-order valence-corrected chi connectivity index (χ2v) is 5.64. The topological polar surface area (TPSA) is 68.5 Å². The molecular formula is C17H23N3O3. The van der Waals surface area contributed by atoms with E-state index in [0.29, 0.717) is 18.4 Å². The largest absolute Gasteiger partial charge is 0.465 e. The summed E-state index contributed by atoms with van der Waals surface area (Å²) in [5.41, 5.74) is 3.29. The predicted octanol–water partition coefficient (Wildman–Crippen LogP) is 2.91. The summed E-state index contributed by atoms with van der Waals surface area (Å²) in [7, 11) is 1.82. The Bertz CT molecular complexity index is 681. The van der Waals surface area contributed by atoms with Crippen LogP contribution in [0.25, 0.3) is 11.5 Å². The van der Waals surface area contributed by atoms with E-state index in [1.165, 1.54) is 11.1 Å². The van der Waals surface area contributed by atoms with E-state index in [2.05, 4.69) is 17.1 Å². The van der Waals surface area contributed by atoms with E-state index >= 15 is 0 Å². The molecule has 0 aliphatic heterocycles. The number of hydrogen-bond donors (Lipinski definition) is 0. The van der Waals surface area contributed by atoms with Crippen LogP contribution >= 0.6 is 0 Å². The molecule has 1 aromatic heterocycles. The lowest BCUT2D eigenvalue weighted by molar-refractivity contribution is -0.144. The second kappa shape index (κ2) is 7.37. The van der Waals surface area contributed by atoms with E-state index < -0.39 is 0 Å². The van der Waals surface area contributed by atoms with Gasteiger partial charge in [-0.2, -0.15) is 0 Å². The smallest absolute Gasteiger partial charge is 0.320 e. The summed E-state index contributed by atoms with van der Waals surface area (Å²) in [5.74, 6) is 0.695. The van der Waals surface area contributed by atoms with Gasteiger partial charge in [0, 0.05) is 5.56 Å². The van der Waals surface area contributed by atoms with Gasteiger partial charge in [0.1, 0.15) is 0 Å². The average Bonchev–Trinajstić information content (AvgIpc) is 2.99. The van der Waals surface area contributed by atoms with E-state index in [4.69, 9.17) is 9.15 Å². The number of carbonyl (C=O) groups is 1. The third-order valence-electron chi connectivity index (χ3n) is 3.90. The Kier molecular flexibility index (Phi) is 5.50. The van der Waals surface area contributed by atoms with E-state index in [-0.39, 0.29) is 18.6 Å². The summed E-state index contributed by atoms with van der Waals surface area (Å²) in [6.45, 7) is 8.36. The van der Waals surface area contributed by atoms with Crippen LogP contribution in [0.1, 0.15) is 36.9 Å². The lowest BCUT2D eigenvalue weighted by atomic mass is 10.1. The van der Waals surface area contributed by atoms with Gasteiger partial charge in [0.25, 0.3) is 0 Å². The van der Waals surface area contributed by atoms with Gasteiger partial charge in [-0.25, -0.2) is 0 Å². The standard InChI is InChI=1S/C17H23N3O3/c1-6-22-15(21)10-20(5)13(4)16-18-19-17(23-16)14-8-7-11(2)12(3)9-14/h7-9,13H,6,10H2,1-5H3/t13-/m0/s1. The van der Waals surface area contributed by atoms with Gasteiger partial charge in [0.2, 0.25) is 11.8 Å². The zero-order chi connectivity index (χ0) is 17.0. The summed E-state index contributed by atoms with van der Waals surface area (Å²) >= 11 is 0. The lowest BCUT2D eigenvalue weighted by Crippen LogP contribution is -2.30. The molecule has 0 saturated carbocycles. The first-order valence-electron chi connectivity index (χ1n) is 7.69. The summed E-state index contributed by atoms with van der Waals surface area (Å²) in [6, 6.07) is 5.85. The maximum Gasteiger partial charge on any atom is 0.320 e. The van der Waals surface area contributed by atoms with Crippen LogP contribution in [-0.4, -0.2) is 41.3 Å². The summed E-state index contributed by atoms with van der Waals surface area (Å²) in [6.07, 6.45) is 0. The molecule has 1 atom stereocenters. The average molecular weight is 317 g/mol. The van der Waals surface area contributed by atoms with Crippen molar-refractivity contribution in [2.24, 2.45) is 0 Å². The maximum absolute atomic E-state index is 11.6. The van der Waals surface area contributed by atoms with Crippen molar-refractivity contribution in [3.8, 4) is 11.5 Å². The van der Waals surface area contributed by atoms with Crippen LogP contribution in [0, 0.1) is 13.8 Å². The maximum atomic E-state index is 11.6. The Hall–Kier alpha value is -2.21. The van der Waals surface area contributed by atoms with Crippen LogP contribution in [-0.2, 0) is 9.53 Å². The number of carbonyl (C=O) groups excluding carboxylic acids is 1. The molecule has 0 aliphatic carbocycles. The number of likely N-dealkylation sites (N-methyl/N-ethyl adjacent to an activating group) is 1. The number of aromatic nitrogens is 2. The Morgan fingerprint density at radius 1 is 1.30 bits per heavy atom. The fraction of sp³-hybridized carbons (Fsp3) is 0.471. The number of aryl methyl sites for hydroxylation is 2. The first kappa shape index (κ1) is 17.1. The van der Waals surface area contributed by atoms with Crippen molar-refractivity contribution in [3.63, 3.8) is 0 Å². The minimum Gasteiger partial charge on any atom is -0.465 e. The number of rotatable bonds is 6. The number of benzene rings is 1. The van der Waals surface area contributed by atoms with Crippen LogP contribution in [0.5, 0.6) is 0 Å². The number of esters is 1. The van der Waals surface area contributed by atoms with Crippen molar-refractivity contribution in [3.05, 3.63) is 35.2 Å². The van der Waals surface area contributed by atoms with Crippen molar-refractivity contribution in [2.45, 2.75) is 33.7 Å². The van der Waals surface area contributed by atoms with E-state index in [9.17, 15) is 4.79 Å². The molecule has 6 nitrogen and oxygen atoms in total. The lowest BCUT2D eigenvalue weighted by Gasteiger charge is -2.20. The molecule has 2 rings (SSSR count). The van der Waals surface area contributed by atoms with Gasteiger partial charge in [-0.05, 0) is 58.0 Å². The Morgan fingerprint density at radius 3 is 2.70 bits per heavy atom. The molecule has 0 amide bonds. The fourth-order valence-corrected chi connectivity index (χ4v) is 2.13. The van der Waals surface area contributed by atoms with E-state index in [1.54, 1.807) is 6.92 Å². The molecule has 0 spiro atoms. The zero-order valence-electron chi connectivity index (χ0n) is 14.3. The third-order valence-corrected chi connectivity index (χ3v) is 3.90. The molecule has 0 radical (unpaired) electrons. The molecule has 1 heterocycles. The highest BCUT2D eigenvalue weighted by Gasteiger charge is 2.21. The van der Waals surface area contributed by atoms with Crippen molar-refractivity contribution in [2.75, 3.05) is 20.2 Å². The molecule has 0 aliphatic rings. The SMILES string of the molecule is CCOC(=O)CN(C)[C@@H](C)c1nnc(-c2ccc(C)c(C)c2)o1. The molecule has 0 saturated heterocycles. The number of hydrogen-bond acceptors (Lipinski definition) is 6. The van der Waals surface area contributed by atoms with Crippen molar-refractivity contribution in [1.29, 1.82) is 0 Å². The van der Waals surface area contributed by atoms with Crippen LogP contribution in [0.15, 0.2) is 22.6 Å². The van der Waals surface area contributed by atoms with E-state index in [1.807, 2.05) is 44.0 Å². The van der Waals surface area contributed by atoms with Gasteiger partial charge in [-0.1, -0.05) is 6.07 Å². The third kappa shape index (κ3) is 4.16. The molecular weight excluding hydrogens is 294 g/mol. The Balaban J connectivity index is 2.11. The molecule has 0 bridgehead atoms. The Labute approximate surface area is 136 Å². The predicted molar refractivity (Wildman–Crippen MR) is 86.9 cm³/mol. The highest BCUT2D eigenvalue weighted by atomic mass is 16.5. The molecule has 6 heteroatoms. The first-order valence-corrected chi connectivity index (χ1v) is 7.69. The minimum atomic E-state index is -0.268. The normalized spacial score (nSPS) is 12.4. The molecule has 23 heavy (non-hydrogen) atoms. The Morgan fingerprint density at radius 2 is 2.04 bits per heavy atom. The van der Waals surface area contributed by atoms with E-state index in [0.717, 1.165) is 5.56 Å². The molecule has 2 aromatic rings. The molecule has 0 N–H and O–H groups in total. The molecule has 124 valence electrons. The van der Waals surface area contributed by atoms with Crippen LogP contribution in [0.3, 0.4) is 0 Å². The monoisotopic (exact) mass is 317 g/mol. The van der Waals surface area contributed by atoms with Crippen molar-refractivity contribution < 1.29 is 13.9 Å². The highest BCUT2D eigenvalue weighted by molar-refractivity contribution is 5.71. The van der Waals surface area contributed by atoms with Gasteiger partial charge in [-0.15, -0.1) is 10.2 Å². The van der Waals surface area contributed by atoms with Gasteiger partial charge < -0.3 is 9.15 Å². The van der Waals surface area contributed by atoms with Gasteiger partial charge in [0.05, 0.1) is 19.2 Å². The van der Waals surface area contributed by atoms with Crippen LogP contribution in [0.2, 0.25) is 0 Å². The van der Waals surface area contributed by atoms with Gasteiger partial charge in [0.15, 0.2) is 0 Å². The minimum absolute atomic E-state index is 0.174. The number of nitrogens with zero attached hydrogens (tertiary/aromatic N) is 3. The zero-order valence-corrected chi connectivity index (χ0v) is 14.3. The molecule has 1 aromatic carbocycles. The summed E-state index contributed by atoms with van der Waals surface area (Å²) < 4.78 is 10.7. The second-order valence-electron chi connectivity index (χ2n) is 5.64. The molecule has 0 fully saturated rings. The van der Waals surface area contributed by atoms with Crippen molar-refractivity contribution in [1.82, 2.24) is 15.1 Å².